The number of anilines is 1. The number of ether oxygens (including phenoxy) is 2. The Morgan fingerprint density at radius 2 is 1.67 bits per heavy atom. The zero-order valence-electron chi connectivity index (χ0n) is 16.5. The van der Waals surface area contributed by atoms with Crippen molar-refractivity contribution in [3.8, 4) is 22.6 Å². The van der Waals surface area contributed by atoms with E-state index in [1.54, 1.807) is 61.7 Å². The molecular formula is C24H19NO5. The van der Waals surface area contributed by atoms with E-state index < -0.39 is 5.63 Å². The minimum atomic E-state index is -0.453. The number of amides is 1. The zero-order chi connectivity index (χ0) is 21.1. The number of hydrogen-bond acceptors (Lipinski definition) is 5. The van der Waals surface area contributed by atoms with Crippen LogP contribution in [-0.2, 0) is 0 Å². The second kappa shape index (κ2) is 8.13. The SMILES string of the molecule is COc1ccc(C(=O)Nc2cc(-c3cc4ccccc4oc3=O)ccc2OC)cc1. The molecule has 0 bridgehead atoms. The van der Waals surface area contributed by atoms with Crippen LogP contribution < -0.4 is 20.4 Å². The first kappa shape index (κ1) is 19.3. The van der Waals surface area contributed by atoms with Crippen LogP contribution in [0.2, 0.25) is 0 Å². The molecule has 4 aromatic rings. The Morgan fingerprint density at radius 1 is 0.900 bits per heavy atom. The van der Waals surface area contributed by atoms with E-state index in [9.17, 15) is 9.59 Å². The normalized spacial score (nSPS) is 10.6. The van der Waals surface area contributed by atoms with Crippen molar-refractivity contribution in [2.45, 2.75) is 0 Å². The molecule has 0 saturated heterocycles. The lowest BCUT2D eigenvalue weighted by Crippen LogP contribution is -2.13. The molecule has 3 aromatic carbocycles. The smallest absolute Gasteiger partial charge is 0.344 e. The van der Waals surface area contributed by atoms with Crippen LogP contribution in [0.3, 0.4) is 0 Å². The van der Waals surface area contributed by atoms with Crippen molar-refractivity contribution in [1.82, 2.24) is 0 Å². The summed E-state index contributed by atoms with van der Waals surface area (Å²) in [5.41, 5.74) is 1.99. The van der Waals surface area contributed by atoms with Crippen molar-refractivity contribution in [2.75, 3.05) is 19.5 Å². The maximum Gasteiger partial charge on any atom is 0.344 e. The number of methoxy groups -OCH3 is 2. The number of nitrogens with one attached hydrogen (secondary N) is 1. The summed E-state index contributed by atoms with van der Waals surface area (Å²) < 4.78 is 15.9. The predicted octanol–water partition coefficient (Wildman–Crippen LogP) is 4.73. The highest BCUT2D eigenvalue weighted by molar-refractivity contribution is 6.05. The third kappa shape index (κ3) is 3.75. The molecule has 4 rings (SSSR count). The minimum Gasteiger partial charge on any atom is -0.497 e. The summed E-state index contributed by atoms with van der Waals surface area (Å²) >= 11 is 0. The molecule has 150 valence electrons. The molecular weight excluding hydrogens is 382 g/mol. The monoisotopic (exact) mass is 401 g/mol. The van der Waals surface area contributed by atoms with Crippen molar-refractivity contribution < 1.29 is 18.7 Å². The van der Waals surface area contributed by atoms with E-state index in [1.165, 1.54) is 7.11 Å². The second-order valence-corrected chi connectivity index (χ2v) is 6.58. The van der Waals surface area contributed by atoms with Gasteiger partial charge >= 0.3 is 5.63 Å². The third-order valence-electron chi connectivity index (χ3n) is 4.75. The summed E-state index contributed by atoms with van der Waals surface area (Å²) in [6, 6.07) is 21.0. The zero-order valence-corrected chi connectivity index (χ0v) is 16.5. The van der Waals surface area contributed by atoms with Gasteiger partial charge in [0, 0.05) is 10.9 Å². The van der Waals surface area contributed by atoms with E-state index in [2.05, 4.69) is 5.32 Å². The fourth-order valence-corrected chi connectivity index (χ4v) is 3.17. The van der Waals surface area contributed by atoms with E-state index in [1.807, 2.05) is 18.2 Å². The first-order chi connectivity index (χ1) is 14.6. The molecule has 0 radical (unpaired) electrons. The van der Waals surface area contributed by atoms with Crippen LogP contribution in [0.4, 0.5) is 5.69 Å². The fourth-order valence-electron chi connectivity index (χ4n) is 3.17. The molecule has 30 heavy (non-hydrogen) atoms. The highest BCUT2D eigenvalue weighted by atomic mass is 16.5. The average Bonchev–Trinajstić information content (AvgIpc) is 2.78. The minimum absolute atomic E-state index is 0.307. The molecule has 0 fully saturated rings. The summed E-state index contributed by atoms with van der Waals surface area (Å²) in [4.78, 5) is 25.2. The Labute approximate surface area is 172 Å². The number of carbonyl (C=O) groups excluding carboxylic acids is 1. The Hall–Kier alpha value is -4.06. The van der Waals surface area contributed by atoms with Crippen molar-refractivity contribution in [3.05, 3.63) is 88.8 Å². The Morgan fingerprint density at radius 3 is 2.40 bits per heavy atom. The number of benzene rings is 3. The summed E-state index contributed by atoms with van der Waals surface area (Å²) in [5.74, 6) is 0.832. The van der Waals surface area contributed by atoms with Gasteiger partial charge in [-0.25, -0.2) is 4.79 Å². The van der Waals surface area contributed by atoms with Crippen LogP contribution in [0, 0.1) is 0 Å². The summed E-state index contributed by atoms with van der Waals surface area (Å²) in [6.07, 6.45) is 0. The Bertz CT molecular complexity index is 1280. The largest absolute Gasteiger partial charge is 0.497 e. The molecule has 1 N–H and O–H groups in total. The Kier molecular flexibility index (Phi) is 5.22. The first-order valence-corrected chi connectivity index (χ1v) is 9.26. The molecule has 1 heterocycles. The molecule has 1 aromatic heterocycles. The number of hydrogen-bond donors (Lipinski definition) is 1. The molecule has 0 unspecified atom stereocenters. The van der Waals surface area contributed by atoms with Gasteiger partial charge in [0.05, 0.1) is 25.5 Å². The molecule has 0 atom stereocenters. The predicted molar refractivity (Wildman–Crippen MR) is 115 cm³/mol. The average molecular weight is 401 g/mol. The highest BCUT2D eigenvalue weighted by Crippen LogP contribution is 2.31. The van der Waals surface area contributed by atoms with Gasteiger partial charge in [-0.1, -0.05) is 24.3 Å². The van der Waals surface area contributed by atoms with Gasteiger partial charge in [0.1, 0.15) is 17.1 Å². The van der Waals surface area contributed by atoms with Crippen molar-refractivity contribution >= 4 is 22.6 Å². The quantitative estimate of drug-likeness (QED) is 0.489. The molecule has 0 aliphatic carbocycles. The van der Waals surface area contributed by atoms with Gasteiger partial charge in [-0.15, -0.1) is 0 Å². The topological polar surface area (TPSA) is 77.8 Å². The molecule has 6 nitrogen and oxygen atoms in total. The maximum absolute atomic E-state index is 12.7. The van der Waals surface area contributed by atoms with Crippen LogP contribution in [-0.4, -0.2) is 20.1 Å². The molecule has 6 heteroatoms. The Balaban J connectivity index is 1.71. The number of rotatable bonds is 5. The number of para-hydroxylation sites is 1. The first-order valence-electron chi connectivity index (χ1n) is 9.26. The van der Waals surface area contributed by atoms with Crippen LogP contribution >= 0.6 is 0 Å². The van der Waals surface area contributed by atoms with E-state index in [4.69, 9.17) is 13.9 Å². The van der Waals surface area contributed by atoms with Crippen LogP contribution in [0.5, 0.6) is 11.5 Å². The van der Waals surface area contributed by atoms with E-state index >= 15 is 0 Å². The second-order valence-electron chi connectivity index (χ2n) is 6.58. The molecule has 1 amide bonds. The summed E-state index contributed by atoms with van der Waals surface area (Å²) in [6.45, 7) is 0. The maximum atomic E-state index is 12.7. The lowest BCUT2D eigenvalue weighted by Gasteiger charge is -2.12. The number of fused-ring (bicyclic) bond motifs is 1. The van der Waals surface area contributed by atoms with Crippen molar-refractivity contribution in [1.29, 1.82) is 0 Å². The fraction of sp³-hybridized carbons (Fsp3) is 0.0833. The van der Waals surface area contributed by atoms with Gasteiger partial charge in [0.25, 0.3) is 5.91 Å². The summed E-state index contributed by atoms with van der Waals surface area (Å²) in [5, 5.41) is 3.66. The van der Waals surface area contributed by atoms with Crippen molar-refractivity contribution in [2.24, 2.45) is 0 Å². The van der Waals surface area contributed by atoms with Gasteiger partial charge in [0.2, 0.25) is 0 Å². The van der Waals surface area contributed by atoms with Gasteiger partial charge in [-0.05, 0) is 54.1 Å². The van der Waals surface area contributed by atoms with E-state index in [0.29, 0.717) is 39.5 Å². The van der Waals surface area contributed by atoms with Crippen LogP contribution in [0.25, 0.3) is 22.1 Å². The van der Waals surface area contributed by atoms with Gasteiger partial charge in [0.15, 0.2) is 0 Å². The molecule has 0 saturated carbocycles. The van der Waals surface area contributed by atoms with Crippen LogP contribution in [0.15, 0.2) is 82.0 Å². The van der Waals surface area contributed by atoms with Gasteiger partial charge in [-0.3, -0.25) is 4.79 Å². The third-order valence-corrected chi connectivity index (χ3v) is 4.75. The lowest BCUT2D eigenvalue weighted by atomic mass is 10.0. The standard InChI is InChI=1S/C24H19NO5/c1-28-18-10-7-15(8-11-18)23(26)25-20-14-16(9-12-22(20)29-2)19-13-17-5-3-4-6-21(17)30-24(19)27/h3-14H,1-2H3,(H,25,26). The molecule has 0 spiro atoms. The molecule has 0 aliphatic rings. The summed E-state index contributed by atoms with van der Waals surface area (Å²) in [7, 11) is 3.08. The van der Waals surface area contributed by atoms with E-state index in [-0.39, 0.29) is 5.91 Å². The molecule has 0 aliphatic heterocycles. The van der Waals surface area contributed by atoms with Crippen LogP contribution in [0.1, 0.15) is 10.4 Å². The van der Waals surface area contributed by atoms with Gasteiger partial charge < -0.3 is 19.2 Å². The van der Waals surface area contributed by atoms with Gasteiger partial charge in [-0.2, -0.15) is 0 Å². The van der Waals surface area contributed by atoms with Crippen molar-refractivity contribution in [3.63, 3.8) is 0 Å². The lowest BCUT2D eigenvalue weighted by molar-refractivity contribution is 0.102. The number of carbonyl (C=O) groups is 1. The van der Waals surface area contributed by atoms with E-state index in [0.717, 1.165) is 5.39 Å². The highest BCUT2D eigenvalue weighted by Gasteiger charge is 2.14.